The summed E-state index contributed by atoms with van der Waals surface area (Å²) < 4.78 is 0. The topological polar surface area (TPSA) is 39.1 Å². The Hall–Kier alpha value is -2.44. The molecular formula is C24H27ClN4OS. The molecule has 2 aromatic carbocycles. The van der Waals surface area contributed by atoms with Gasteiger partial charge in [0.25, 0.3) is 5.91 Å². The lowest BCUT2D eigenvalue weighted by Gasteiger charge is -2.36. The highest BCUT2D eigenvalue weighted by molar-refractivity contribution is 8.18. The molecule has 0 aromatic heterocycles. The molecule has 1 fully saturated rings. The third-order valence-corrected chi connectivity index (χ3v) is 6.97. The van der Waals surface area contributed by atoms with Crippen molar-refractivity contribution in [3.63, 3.8) is 0 Å². The van der Waals surface area contributed by atoms with Gasteiger partial charge in [0.15, 0.2) is 5.17 Å². The molecule has 0 radical (unpaired) electrons. The number of amides is 1. The van der Waals surface area contributed by atoms with Crippen LogP contribution in [0.2, 0.25) is 5.02 Å². The molecule has 162 valence electrons. The summed E-state index contributed by atoms with van der Waals surface area (Å²) in [6.45, 7) is 9.73. The molecule has 0 saturated carbocycles. The van der Waals surface area contributed by atoms with Crippen LogP contribution < -0.4 is 9.80 Å². The van der Waals surface area contributed by atoms with Gasteiger partial charge in [0.05, 0.1) is 4.91 Å². The van der Waals surface area contributed by atoms with E-state index < -0.39 is 0 Å². The molecule has 1 saturated heterocycles. The Morgan fingerprint density at radius 2 is 1.58 bits per heavy atom. The van der Waals surface area contributed by atoms with Crippen molar-refractivity contribution in [1.29, 1.82) is 0 Å². The first-order valence-corrected chi connectivity index (χ1v) is 11.9. The molecule has 2 aliphatic rings. The van der Waals surface area contributed by atoms with Gasteiger partial charge in [-0.15, -0.1) is 0 Å². The van der Waals surface area contributed by atoms with Gasteiger partial charge in [-0.2, -0.15) is 4.99 Å². The normalized spacial score (nSPS) is 18.0. The first-order valence-electron chi connectivity index (χ1n) is 10.7. The number of piperazine rings is 1. The van der Waals surface area contributed by atoms with Crippen molar-refractivity contribution < 1.29 is 4.79 Å². The fraction of sp³-hybridized carbons (Fsp3) is 0.333. The lowest BCUT2D eigenvalue weighted by Crippen LogP contribution is -2.47. The van der Waals surface area contributed by atoms with E-state index in [1.807, 2.05) is 18.2 Å². The molecule has 0 spiro atoms. The number of amidine groups is 1. The predicted molar refractivity (Wildman–Crippen MR) is 133 cm³/mol. The van der Waals surface area contributed by atoms with Crippen LogP contribution in [0.15, 0.2) is 58.4 Å². The van der Waals surface area contributed by atoms with Crippen molar-refractivity contribution in [2.24, 2.45) is 4.99 Å². The largest absolute Gasteiger partial charge is 0.372 e. The Labute approximate surface area is 193 Å². The van der Waals surface area contributed by atoms with Crippen molar-refractivity contribution in [3.8, 4) is 0 Å². The number of halogens is 1. The standard InChI is InChI=1S/C24H27ClN4OS/c1-3-27(4-2)20-9-5-18(6-10-20)17-22-23(30)26-24(31-22)29-15-13-28(14-16-29)21-11-7-19(25)8-12-21/h5-12,17H,3-4,13-16H2,1-2H3/b22-17+. The molecular weight excluding hydrogens is 428 g/mol. The molecule has 0 bridgehead atoms. The third kappa shape index (κ3) is 5.08. The molecule has 4 rings (SSSR count). The Kier molecular flexibility index (Phi) is 6.88. The van der Waals surface area contributed by atoms with Crippen molar-refractivity contribution in [2.75, 3.05) is 49.1 Å². The molecule has 2 heterocycles. The van der Waals surface area contributed by atoms with Gasteiger partial charge in [0.1, 0.15) is 0 Å². The van der Waals surface area contributed by atoms with Crippen LogP contribution in [0, 0.1) is 0 Å². The maximum atomic E-state index is 12.5. The Balaban J connectivity index is 1.37. The first-order chi connectivity index (χ1) is 15.1. The summed E-state index contributed by atoms with van der Waals surface area (Å²) in [4.78, 5) is 24.3. The molecule has 1 amide bonds. The highest BCUT2D eigenvalue weighted by Gasteiger charge is 2.28. The Morgan fingerprint density at radius 1 is 0.968 bits per heavy atom. The number of carbonyl (C=O) groups excluding carboxylic acids is 1. The minimum absolute atomic E-state index is 0.145. The first kappa shape index (κ1) is 21.8. The van der Waals surface area contributed by atoms with E-state index in [-0.39, 0.29) is 5.91 Å². The second kappa shape index (κ2) is 9.79. The highest BCUT2D eigenvalue weighted by Crippen LogP contribution is 2.31. The third-order valence-electron chi connectivity index (χ3n) is 5.67. The molecule has 2 aliphatic heterocycles. The van der Waals surface area contributed by atoms with Crippen LogP contribution in [0.25, 0.3) is 6.08 Å². The van der Waals surface area contributed by atoms with Gasteiger partial charge in [0.2, 0.25) is 0 Å². The van der Waals surface area contributed by atoms with Crippen molar-refractivity contribution >= 4 is 51.9 Å². The average molecular weight is 455 g/mol. The molecule has 0 unspecified atom stereocenters. The zero-order valence-electron chi connectivity index (χ0n) is 17.9. The van der Waals surface area contributed by atoms with E-state index in [0.29, 0.717) is 4.91 Å². The van der Waals surface area contributed by atoms with Crippen LogP contribution in [-0.4, -0.2) is 55.2 Å². The molecule has 0 atom stereocenters. The SMILES string of the molecule is CCN(CC)c1ccc(/C=C2/SC(N3CCN(c4ccc(Cl)cc4)CC3)=NC2=O)cc1. The fourth-order valence-electron chi connectivity index (χ4n) is 3.86. The number of rotatable bonds is 5. The maximum Gasteiger partial charge on any atom is 0.286 e. The maximum absolute atomic E-state index is 12.5. The lowest BCUT2D eigenvalue weighted by molar-refractivity contribution is -0.113. The second-order valence-corrected chi connectivity index (χ2v) is 8.97. The highest BCUT2D eigenvalue weighted by atomic mass is 35.5. The van der Waals surface area contributed by atoms with Gasteiger partial charge in [-0.25, -0.2) is 0 Å². The van der Waals surface area contributed by atoms with E-state index in [4.69, 9.17) is 11.6 Å². The average Bonchev–Trinajstić information content (AvgIpc) is 3.16. The molecule has 7 heteroatoms. The number of thioether (sulfide) groups is 1. The smallest absolute Gasteiger partial charge is 0.286 e. The summed E-state index contributed by atoms with van der Waals surface area (Å²) in [5, 5.41) is 1.56. The van der Waals surface area contributed by atoms with Crippen molar-refractivity contribution in [1.82, 2.24) is 4.90 Å². The lowest BCUT2D eigenvalue weighted by atomic mass is 10.2. The zero-order valence-corrected chi connectivity index (χ0v) is 19.5. The zero-order chi connectivity index (χ0) is 21.8. The van der Waals surface area contributed by atoms with E-state index >= 15 is 0 Å². The van der Waals surface area contributed by atoms with Crippen LogP contribution >= 0.6 is 23.4 Å². The number of aliphatic imine (C=N–C) groups is 1. The number of hydrogen-bond acceptors (Lipinski definition) is 5. The summed E-state index contributed by atoms with van der Waals surface area (Å²) in [5.41, 5.74) is 3.40. The predicted octanol–water partition coefficient (Wildman–Crippen LogP) is 4.98. The molecule has 2 aromatic rings. The number of carbonyl (C=O) groups is 1. The van der Waals surface area contributed by atoms with Crippen LogP contribution in [0.3, 0.4) is 0 Å². The number of anilines is 2. The van der Waals surface area contributed by atoms with Gasteiger partial charge < -0.3 is 14.7 Å². The van der Waals surface area contributed by atoms with Gasteiger partial charge in [-0.05, 0) is 73.6 Å². The van der Waals surface area contributed by atoms with Gasteiger partial charge >= 0.3 is 0 Å². The molecule has 31 heavy (non-hydrogen) atoms. The van der Waals surface area contributed by atoms with E-state index in [9.17, 15) is 4.79 Å². The van der Waals surface area contributed by atoms with Crippen LogP contribution in [0.1, 0.15) is 19.4 Å². The van der Waals surface area contributed by atoms with Crippen molar-refractivity contribution in [3.05, 3.63) is 64.0 Å². The minimum Gasteiger partial charge on any atom is -0.372 e. The van der Waals surface area contributed by atoms with E-state index in [1.165, 1.54) is 23.1 Å². The van der Waals surface area contributed by atoms with Crippen LogP contribution in [-0.2, 0) is 4.79 Å². The monoisotopic (exact) mass is 454 g/mol. The van der Waals surface area contributed by atoms with E-state index in [0.717, 1.165) is 55.0 Å². The van der Waals surface area contributed by atoms with Gasteiger partial charge in [0, 0.05) is 55.7 Å². The number of hydrogen-bond donors (Lipinski definition) is 0. The van der Waals surface area contributed by atoms with Gasteiger partial charge in [-0.1, -0.05) is 23.7 Å². The summed E-state index contributed by atoms with van der Waals surface area (Å²) in [6, 6.07) is 16.3. The molecule has 0 N–H and O–H groups in total. The summed E-state index contributed by atoms with van der Waals surface area (Å²) in [6.07, 6.45) is 1.94. The number of benzene rings is 2. The molecule has 5 nitrogen and oxygen atoms in total. The quantitative estimate of drug-likeness (QED) is 0.596. The van der Waals surface area contributed by atoms with Gasteiger partial charge in [-0.3, -0.25) is 4.79 Å². The Morgan fingerprint density at radius 3 is 2.19 bits per heavy atom. The van der Waals surface area contributed by atoms with E-state index in [2.05, 4.69) is 69.9 Å². The second-order valence-electron chi connectivity index (χ2n) is 7.52. The van der Waals surface area contributed by atoms with Crippen LogP contribution in [0.4, 0.5) is 11.4 Å². The Bertz CT molecular complexity index is 976. The summed E-state index contributed by atoms with van der Waals surface area (Å²) in [5.74, 6) is -0.145. The summed E-state index contributed by atoms with van der Waals surface area (Å²) >= 11 is 7.48. The summed E-state index contributed by atoms with van der Waals surface area (Å²) in [7, 11) is 0. The van der Waals surface area contributed by atoms with E-state index in [1.54, 1.807) is 0 Å². The molecule has 0 aliphatic carbocycles. The van der Waals surface area contributed by atoms with Crippen LogP contribution in [0.5, 0.6) is 0 Å². The van der Waals surface area contributed by atoms with Crippen molar-refractivity contribution in [2.45, 2.75) is 13.8 Å². The number of nitrogens with zero attached hydrogens (tertiary/aromatic N) is 4. The minimum atomic E-state index is -0.145. The fourth-order valence-corrected chi connectivity index (χ4v) is 4.95.